The van der Waals surface area contributed by atoms with Crippen LogP contribution in [0.3, 0.4) is 0 Å². The number of hydrogen-bond donors (Lipinski definition) is 1. The third-order valence-corrected chi connectivity index (χ3v) is 7.16. The first kappa shape index (κ1) is 31.0. The number of rotatable bonds is 0. The number of hydrogen-bond acceptors (Lipinski definition) is 3. The first-order chi connectivity index (χ1) is 19.4. The first-order valence-corrected chi connectivity index (χ1v) is 15.4. The van der Waals surface area contributed by atoms with Crippen LogP contribution in [0.15, 0.2) is 48.5 Å². The molecule has 5 rings (SSSR count). The van der Waals surface area contributed by atoms with Gasteiger partial charge >= 0.3 is 0 Å². The molecule has 210 valence electrons. The quantitative estimate of drug-likeness (QED) is 0.348. The van der Waals surface area contributed by atoms with Crippen molar-refractivity contribution in [2.45, 2.75) is 116 Å². The molecular formula is C36H49NO2. The van der Waals surface area contributed by atoms with Crippen molar-refractivity contribution in [1.29, 1.82) is 0 Å². The Morgan fingerprint density at radius 3 is 1.23 bits per heavy atom. The highest BCUT2D eigenvalue weighted by Crippen LogP contribution is 2.11. The zero-order valence-corrected chi connectivity index (χ0v) is 24.1. The molecule has 2 aromatic carbocycles. The molecule has 3 aliphatic heterocycles. The Morgan fingerprint density at radius 1 is 0.436 bits per heavy atom. The summed E-state index contributed by atoms with van der Waals surface area (Å²) in [4.78, 5) is 0. The van der Waals surface area contributed by atoms with Crippen LogP contribution in [0.5, 0.6) is 0 Å². The van der Waals surface area contributed by atoms with Gasteiger partial charge in [-0.1, -0.05) is 112 Å². The molecule has 0 spiro atoms. The number of nitrogens with one attached hydrogen (secondary N) is 1. The standard InChI is InChI=1S/C36H49NO2/c1-2-4-6-8-10-12-14-16-18-28-39-32-36-25-21-34(22-26-36)30-37-29-33-19-23-35(24-20-33)31-38-27-17-15-13-11-9-7-5-3-1/h19-26,37H,5-18,27-32H2. The third kappa shape index (κ3) is 15.6. The van der Waals surface area contributed by atoms with Crippen LogP contribution in [-0.2, 0) is 35.8 Å². The predicted octanol–water partition coefficient (Wildman–Crippen LogP) is 8.49. The summed E-state index contributed by atoms with van der Waals surface area (Å²) in [5, 5.41) is 3.56. The highest BCUT2D eigenvalue weighted by molar-refractivity contribution is 5.26. The fourth-order valence-corrected chi connectivity index (χ4v) is 4.70. The summed E-state index contributed by atoms with van der Waals surface area (Å²) >= 11 is 0. The lowest BCUT2D eigenvalue weighted by atomic mass is 10.1. The fraction of sp³-hybridized carbons (Fsp3) is 0.556. The lowest BCUT2D eigenvalue weighted by Crippen LogP contribution is -2.12. The highest BCUT2D eigenvalue weighted by Gasteiger charge is 2.00. The number of ether oxygens (including phenoxy) is 2. The van der Waals surface area contributed by atoms with Crippen LogP contribution in [0.1, 0.15) is 112 Å². The van der Waals surface area contributed by atoms with Gasteiger partial charge in [-0.2, -0.15) is 0 Å². The average Bonchev–Trinajstić information content (AvgIpc) is 2.96. The number of fused-ring (bicyclic) bond motifs is 2. The molecule has 39 heavy (non-hydrogen) atoms. The molecule has 3 heterocycles. The van der Waals surface area contributed by atoms with Gasteiger partial charge in [-0.15, -0.1) is 0 Å². The molecule has 0 fully saturated rings. The zero-order chi connectivity index (χ0) is 27.1. The average molecular weight is 528 g/mol. The lowest BCUT2D eigenvalue weighted by Gasteiger charge is -2.09. The van der Waals surface area contributed by atoms with Gasteiger partial charge in [0.1, 0.15) is 0 Å². The van der Waals surface area contributed by atoms with E-state index in [2.05, 4.69) is 77.5 Å². The van der Waals surface area contributed by atoms with Crippen molar-refractivity contribution in [1.82, 2.24) is 5.32 Å². The van der Waals surface area contributed by atoms with Gasteiger partial charge < -0.3 is 14.8 Å². The van der Waals surface area contributed by atoms with E-state index in [1.807, 2.05) is 0 Å². The van der Waals surface area contributed by atoms with E-state index in [9.17, 15) is 0 Å². The Labute approximate surface area is 238 Å². The number of benzene rings is 2. The van der Waals surface area contributed by atoms with Gasteiger partial charge in [0.05, 0.1) is 13.2 Å². The minimum atomic E-state index is 0.700. The molecule has 2 aromatic rings. The second-order valence-corrected chi connectivity index (χ2v) is 10.7. The zero-order valence-electron chi connectivity index (χ0n) is 24.1. The summed E-state index contributed by atoms with van der Waals surface area (Å²) in [5.74, 6) is 12.5. The van der Waals surface area contributed by atoms with E-state index in [1.165, 1.54) is 86.5 Å². The maximum Gasteiger partial charge on any atom is 0.0716 e. The predicted molar refractivity (Wildman–Crippen MR) is 163 cm³/mol. The maximum atomic E-state index is 5.90. The molecule has 3 aliphatic rings. The van der Waals surface area contributed by atoms with Gasteiger partial charge in [0.15, 0.2) is 0 Å². The monoisotopic (exact) mass is 527 g/mol. The van der Waals surface area contributed by atoms with Crippen LogP contribution in [0.2, 0.25) is 0 Å². The van der Waals surface area contributed by atoms with Crippen LogP contribution in [-0.4, -0.2) is 13.2 Å². The van der Waals surface area contributed by atoms with Gasteiger partial charge in [-0.3, -0.25) is 0 Å². The molecule has 0 atom stereocenters. The van der Waals surface area contributed by atoms with Crippen molar-refractivity contribution in [3.05, 3.63) is 70.8 Å². The second-order valence-electron chi connectivity index (χ2n) is 10.7. The van der Waals surface area contributed by atoms with Gasteiger partial charge in [0.25, 0.3) is 0 Å². The molecule has 0 radical (unpaired) electrons. The Kier molecular flexibility index (Phi) is 16.9. The topological polar surface area (TPSA) is 30.5 Å². The Morgan fingerprint density at radius 2 is 0.795 bits per heavy atom. The van der Waals surface area contributed by atoms with Crippen LogP contribution in [0.4, 0.5) is 0 Å². The van der Waals surface area contributed by atoms with E-state index in [1.54, 1.807) is 0 Å². The molecule has 0 aromatic heterocycles. The Hall–Kier alpha value is -2.56. The Balaban J connectivity index is 1.38. The molecule has 1 N–H and O–H groups in total. The first-order valence-electron chi connectivity index (χ1n) is 15.4. The summed E-state index contributed by atoms with van der Waals surface area (Å²) in [6.45, 7) is 4.83. The summed E-state index contributed by atoms with van der Waals surface area (Å²) in [7, 11) is 0. The lowest BCUT2D eigenvalue weighted by molar-refractivity contribution is 0.116. The molecule has 3 heteroatoms. The van der Waals surface area contributed by atoms with E-state index in [-0.39, 0.29) is 0 Å². The van der Waals surface area contributed by atoms with E-state index < -0.39 is 0 Å². The van der Waals surface area contributed by atoms with E-state index in [0.29, 0.717) is 13.2 Å². The van der Waals surface area contributed by atoms with Crippen molar-refractivity contribution in [3.63, 3.8) is 0 Å². The van der Waals surface area contributed by atoms with Crippen molar-refractivity contribution >= 4 is 0 Å². The van der Waals surface area contributed by atoms with Crippen LogP contribution in [0, 0.1) is 23.7 Å². The van der Waals surface area contributed by atoms with Gasteiger partial charge in [-0.25, -0.2) is 0 Å². The van der Waals surface area contributed by atoms with Gasteiger partial charge in [0, 0.05) is 39.1 Å². The van der Waals surface area contributed by atoms with Crippen LogP contribution >= 0.6 is 0 Å². The summed E-state index contributed by atoms with van der Waals surface area (Å²) in [5.41, 5.74) is 5.09. The fourth-order valence-electron chi connectivity index (χ4n) is 4.70. The maximum absolute atomic E-state index is 5.90. The molecule has 4 bridgehead atoms. The molecule has 0 amide bonds. The second kappa shape index (κ2) is 21.3. The third-order valence-electron chi connectivity index (χ3n) is 7.16. The smallest absolute Gasteiger partial charge is 0.0716 e. The van der Waals surface area contributed by atoms with E-state index in [4.69, 9.17) is 9.47 Å². The van der Waals surface area contributed by atoms with Crippen molar-refractivity contribution < 1.29 is 9.47 Å². The minimum absolute atomic E-state index is 0.700. The summed E-state index contributed by atoms with van der Waals surface area (Å²) < 4.78 is 11.8. The SMILES string of the molecule is C1#CCCCCCCCCOCc2ccc(cc2)CNCc2ccc(cc2)COCCCCCCCCC#C1. The minimum Gasteiger partial charge on any atom is -0.377 e. The van der Waals surface area contributed by atoms with Crippen molar-refractivity contribution in [2.75, 3.05) is 13.2 Å². The van der Waals surface area contributed by atoms with Crippen molar-refractivity contribution in [3.8, 4) is 23.7 Å². The van der Waals surface area contributed by atoms with Crippen molar-refractivity contribution in [2.24, 2.45) is 0 Å². The van der Waals surface area contributed by atoms with Crippen LogP contribution in [0.25, 0.3) is 0 Å². The molecule has 0 saturated heterocycles. The Bertz CT molecular complexity index is 921. The molecule has 0 unspecified atom stereocenters. The molecular weight excluding hydrogens is 478 g/mol. The molecule has 3 nitrogen and oxygen atoms in total. The highest BCUT2D eigenvalue weighted by atomic mass is 16.5. The van der Waals surface area contributed by atoms with Crippen LogP contribution < -0.4 is 5.32 Å². The summed E-state index contributed by atoms with van der Waals surface area (Å²) in [6, 6.07) is 17.6. The normalized spacial score (nSPS) is 18.5. The molecule has 0 aliphatic carbocycles. The van der Waals surface area contributed by atoms with E-state index in [0.717, 1.165) is 52.0 Å². The summed E-state index contributed by atoms with van der Waals surface area (Å²) in [6.07, 6.45) is 16.8. The largest absolute Gasteiger partial charge is 0.377 e. The van der Waals surface area contributed by atoms with Gasteiger partial charge in [-0.05, 0) is 59.8 Å². The molecule has 0 saturated carbocycles. The van der Waals surface area contributed by atoms with E-state index >= 15 is 0 Å². The van der Waals surface area contributed by atoms with Gasteiger partial charge in [0.2, 0.25) is 0 Å².